The van der Waals surface area contributed by atoms with E-state index in [1.165, 1.54) is 0 Å². The molecule has 0 saturated carbocycles. The smallest absolute Gasteiger partial charge is 0.326 e. The molecule has 0 aliphatic heterocycles. The zero-order valence-corrected chi connectivity index (χ0v) is 15.9. The number of hydrogen-bond donors (Lipinski definition) is 2. The van der Waals surface area contributed by atoms with Crippen LogP contribution >= 0.6 is 0 Å². The molecule has 142 valence electrons. The summed E-state index contributed by atoms with van der Waals surface area (Å²) in [4.78, 5) is 23.6. The predicted octanol–water partition coefficient (Wildman–Crippen LogP) is 2.89. The average molecular weight is 360 g/mol. The Morgan fingerprint density at radius 1 is 1.27 bits per heavy atom. The molecule has 1 aromatic heterocycles. The molecule has 0 bridgehead atoms. The number of aliphatic carboxylic acids is 1. The lowest BCUT2D eigenvalue weighted by Gasteiger charge is -2.21. The molecule has 0 spiro atoms. The van der Waals surface area contributed by atoms with E-state index in [0.717, 1.165) is 16.5 Å². The van der Waals surface area contributed by atoms with Gasteiger partial charge in [0.25, 0.3) is 0 Å². The zero-order chi connectivity index (χ0) is 19.3. The van der Waals surface area contributed by atoms with Crippen LogP contribution in [0.5, 0.6) is 0 Å². The lowest BCUT2D eigenvalue weighted by atomic mass is 10.1. The van der Waals surface area contributed by atoms with Crippen molar-refractivity contribution in [3.05, 3.63) is 36.0 Å². The molecule has 2 rings (SSSR count). The van der Waals surface area contributed by atoms with E-state index in [-0.39, 0.29) is 31.0 Å². The Bertz CT molecular complexity index is 774. The molecule has 1 atom stereocenters. The second-order valence-electron chi connectivity index (χ2n) is 7.49. The Morgan fingerprint density at radius 3 is 2.62 bits per heavy atom. The van der Waals surface area contributed by atoms with Crippen molar-refractivity contribution in [2.45, 2.75) is 51.7 Å². The average Bonchev–Trinajstić information content (AvgIpc) is 2.87. The highest BCUT2D eigenvalue weighted by atomic mass is 16.5. The molecule has 2 N–H and O–H groups in total. The molecule has 6 heteroatoms. The third-order valence-electron chi connectivity index (χ3n) is 4.18. The van der Waals surface area contributed by atoms with E-state index >= 15 is 0 Å². The van der Waals surface area contributed by atoms with E-state index < -0.39 is 12.0 Å². The number of aromatic nitrogens is 1. The van der Waals surface area contributed by atoms with Gasteiger partial charge >= 0.3 is 5.97 Å². The number of benzene rings is 1. The number of carboxylic acid groups (broad SMARTS) is 1. The summed E-state index contributed by atoms with van der Waals surface area (Å²) >= 11 is 0. The van der Waals surface area contributed by atoms with Crippen molar-refractivity contribution in [3.63, 3.8) is 0 Å². The second kappa shape index (κ2) is 8.36. The van der Waals surface area contributed by atoms with Crippen LogP contribution in [0.25, 0.3) is 10.9 Å². The van der Waals surface area contributed by atoms with Gasteiger partial charge in [-0.05, 0) is 38.8 Å². The van der Waals surface area contributed by atoms with Gasteiger partial charge in [0.2, 0.25) is 5.91 Å². The van der Waals surface area contributed by atoms with Gasteiger partial charge in [0, 0.05) is 43.6 Å². The number of nitrogens with zero attached hydrogens (tertiary/aromatic N) is 1. The molecular formula is C20H28N2O4. The number of carboxylic acids is 1. The highest BCUT2D eigenvalue weighted by Crippen LogP contribution is 2.21. The molecule has 0 fully saturated rings. The molecule has 1 heterocycles. The summed E-state index contributed by atoms with van der Waals surface area (Å²) in [5.74, 6) is -1.30. The van der Waals surface area contributed by atoms with Gasteiger partial charge in [-0.3, -0.25) is 4.79 Å². The van der Waals surface area contributed by atoms with Gasteiger partial charge in [-0.25, -0.2) is 4.79 Å². The van der Waals surface area contributed by atoms with E-state index in [0.29, 0.717) is 6.42 Å². The molecule has 6 nitrogen and oxygen atoms in total. The molecule has 2 aromatic rings. The van der Waals surface area contributed by atoms with Crippen molar-refractivity contribution in [3.8, 4) is 0 Å². The lowest BCUT2D eigenvalue weighted by Crippen LogP contribution is -2.42. The lowest BCUT2D eigenvalue weighted by molar-refractivity contribution is -0.142. The fourth-order valence-corrected chi connectivity index (χ4v) is 2.88. The van der Waals surface area contributed by atoms with Crippen LogP contribution in [0.3, 0.4) is 0 Å². The highest BCUT2D eigenvalue weighted by molar-refractivity contribution is 5.86. The number of fused-ring (bicyclic) bond motifs is 1. The molecule has 0 aliphatic rings. The quantitative estimate of drug-likeness (QED) is 0.758. The van der Waals surface area contributed by atoms with E-state index in [1.807, 2.05) is 62.8 Å². The van der Waals surface area contributed by atoms with Gasteiger partial charge in [-0.2, -0.15) is 0 Å². The molecule has 1 amide bonds. The number of hydrogen-bond acceptors (Lipinski definition) is 3. The topological polar surface area (TPSA) is 80.6 Å². The Morgan fingerprint density at radius 2 is 1.96 bits per heavy atom. The summed E-state index contributed by atoms with van der Waals surface area (Å²) in [6.45, 7) is 6.01. The van der Waals surface area contributed by atoms with Crippen LogP contribution < -0.4 is 5.32 Å². The largest absolute Gasteiger partial charge is 0.480 e. The highest BCUT2D eigenvalue weighted by Gasteiger charge is 2.21. The number of rotatable bonds is 8. The molecule has 26 heavy (non-hydrogen) atoms. The summed E-state index contributed by atoms with van der Waals surface area (Å²) in [7, 11) is 1.97. The molecule has 0 radical (unpaired) electrons. The summed E-state index contributed by atoms with van der Waals surface area (Å²) in [6, 6.07) is 7.09. The van der Waals surface area contributed by atoms with Gasteiger partial charge in [-0.15, -0.1) is 0 Å². The number of nitrogens with one attached hydrogen (secondary N) is 1. The Kier molecular flexibility index (Phi) is 6.42. The van der Waals surface area contributed by atoms with Gasteiger partial charge < -0.3 is 19.7 Å². The number of amides is 1. The van der Waals surface area contributed by atoms with Crippen molar-refractivity contribution in [1.29, 1.82) is 0 Å². The molecular weight excluding hydrogens is 332 g/mol. The summed E-state index contributed by atoms with van der Waals surface area (Å²) in [5.41, 5.74) is 1.87. The first-order valence-corrected chi connectivity index (χ1v) is 8.86. The minimum Gasteiger partial charge on any atom is -0.480 e. The fraction of sp³-hybridized carbons (Fsp3) is 0.500. The Balaban J connectivity index is 1.90. The third-order valence-corrected chi connectivity index (χ3v) is 4.18. The van der Waals surface area contributed by atoms with E-state index in [4.69, 9.17) is 4.74 Å². The normalized spacial score (nSPS) is 12.9. The summed E-state index contributed by atoms with van der Waals surface area (Å²) < 4.78 is 7.59. The van der Waals surface area contributed by atoms with Crippen molar-refractivity contribution in [2.75, 3.05) is 6.61 Å². The van der Waals surface area contributed by atoms with E-state index in [1.54, 1.807) is 0 Å². The Hall–Kier alpha value is -2.34. The summed E-state index contributed by atoms with van der Waals surface area (Å²) in [6.07, 6.45) is 3.08. The maximum Gasteiger partial charge on any atom is 0.326 e. The van der Waals surface area contributed by atoms with Crippen LogP contribution in [0.2, 0.25) is 0 Å². The molecule has 0 saturated heterocycles. The standard InChI is InChI=1S/C20H28N2O4/c1-20(2,3)26-12-11-16(19(24)25)21-18(23)10-9-14-13-22(4)17-8-6-5-7-15(14)17/h5-8,13,16H,9-12H2,1-4H3,(H,21,23)(H,24,25). The number of aryl methyl sites for hydroxylation is 2. The first kappa shape index (κ1) is 20.0. The van der Waals surface area contributed by atoms with Crippen LogP contribution in [0.15, 0.2) is 30.5 Å². The fourth-order valence-electron chi connectivity index (χ4n) is 2.88. The van der Waals surface area contributed by atoms with Crippen molar-refractivity contribution in [2.24, 2.45) is 7.05 Å². The molecule has 0 aliphatic carbocycles. The minimum atomic E-state index is -1.04. The van der Waals surface area contributed by atoms with Gasteiger partial charge in [-0.1, -0.05) is 18.2 Å². The van der Waals surface area contributed by atoms with Crippen LogP contribution in [0.1, 0.15) is 39.2 Å². The van der Waals surface area contributed by atoms with E-state index in [2.05, 4.69) is 5.32 Å². The maximum atomic E-state index is 12.2. The van der Waals surface area contributed by atoms with Crippen molar-refractivity contribution in [1.82, 2.24) is 9.88 Å². The number of para-hydroxylation sites is 1. The van der Waals surface area contributed by atoms with Crippen LogP contribution in [0, 0.1) is 0 Å². The number of carbonyl (C=O) groups excluding carboxylic acids is 1. The SMILES string of the molecule is Cn1cc(CCC(=O)NC(CCOC(C)(C)C)C(=O)O)c2ccccc21. The zero-order valence-electron chi connectivity index (χ0n) is 15.9. The minimum absolute atomic E-state index is 0.243. The predicted molar refractivity (Wildman–Crippen MR) is 101 cm³/mol. The summed E-state index contributed by atoms with van der Waals surface area (Å²) in [5, 5.41) is 13.0. The Labute approximate surface area is 154 Å². The second-order valence-corrected chi connectivity index (χ2v) is 7.49. The molecule has 1 aromatic carbocycles. The van der Waals surface area contributed by atoms with Crippen LogP contribution in [0.4, 0.5) is 0 Å². The molecule has 1 unspecified atom stereocenters. The van der Waals surface area contributed by atoms with Gasteiger partial charge in [0.05, 0.1) is 5.60 Å². The van der Waals surface area contributed by atoms with Gasteiger partial charge in [0.15, 0.2) is 0 Å². The van der Waals surface area contributed by atoms with Gasteiger partial charge in [0.1, 0.15) is 6.04 Å². The first-order chi connectivity index (χ1) is 12.2. The van der Waals surface area contributed by atoms with E-state index in [9.17, 15) is 14.7 Å². The van der Waals surface area contributed by atoms with Crippen molar-refractivity contribution >= 4 is 22.8 Å². The number of carbonyl (C=O) groups is 2. The van der Waals surface area contributed by atoms with Crippen LogP contribution in [-0.2, 0) is 27.8 Å². The number of ether oxygens (including phenoxy) is 1. The van der Waals surface area contributed by atoms with Crippen LogP contribution in [-0.4, -0.2) is 39.8 Å². The first-order valence-electron chi connectivity index (χ1n) is 8.86. The third kappa shape index (κ3) is 5.59. The van der Waals surface area contributed by atoms with Crippen molar-refractivity contribution < 1.29 is 19.4 Å². The maximum absolute atomic E-state index is 12.2. The monoisotopic (exact) mass is 360 g/mol.